The Bertz CT molecular complexity index is 984. The monoisotopic (exact) mass is 438 g/mol. The normalized spacial score (nSPS) is 10.8. The SMILES string of the molecule is C=CCn1c(SCC(=O)Nc2cccc(Cl)c2Cl)nnc1-c1csc(C)c1. The molecule has 0 saturated heterocycles. The third-order valence-electron chi connectivity index (χ3n) is 3.58. The van der Waals surface area contributed by atoms with Gasteiger partial charge in [0, 0.05) is 22.4 Å². The fourth-order valence-electron chi connectivity index (χ4n) is 2.38. The molecule has 3 aromatic rings. The smallest absolute Gasteiger partial charge is 0.234 e. The van der Waals surface area contributed by atoms with Gasteiger partial charge in [-0.2, -0.15) is 0 Å². The summed E-state index contributed by atoms with van der Waals surface area (Å²) in [6.45, 7) is 6.40. The number of aromatic nitrogens is 3. The van der Waals surface area contributed by atoms with E-state index in [2.05, 4.69) is 28.2 Å². The fraction of sp³-hybridized carbons (Fsp3) is 0.167. The van der Waals surface area contributed by atoms with E-state index in [4.69, 9.17) is 23.2 Å². The number of halogens is 2. The predicted octanol–water partition coefficient (Wildman–Crippen LogP) is 5.54. The Labute approximate surface area is 175 Å². The highest BCUT2D eigenvalue weighted by Gasteiger charge is 2.16. The van der Waals surface area contributed by atoms with Gasteiger partial charge in [-0.05, 0) is 25.1 Å². The van der Waals surface area contributed by atoms with Gasteiger partial charge in [-0.1, -0.05) is 47.1 Å². The van der Waals surface area contributed by atoms with E-state index in [1.807, 2.05) is 16.9 Å². The lowest BCUT2D eigenvalue weighted by Crippen LogP contribution is -2.15. The van der Waals surface area contributed by atoms with Crippen molar-refractivity contribution in [2.24, 2.45) is 0 Å². The first kappa shape index (κ1) is 19.9. The van der Waals surface area contributed by atoms with Gasteiger partial charge in [0.15, 0.2) is 11.0 Å². The summed E-state index contributed by atoms with van der Waals surface area (Å²) < 4.78 is 1.94. The molecule has 0 saturated carbocycles. The van der Waals surface area contributed by atoms with Crippen molar-refractivity contribution in [2.75, 3.05) is 11.1 Å². The third kappa shape index (κ3) is 4.73. The summed E-state index contributed by atoms with van der Waals surface area (Å²) in [4.78, 5) is 13.5. The minimum Gasteiger partial charge on any atom is -0.324 e. The molecule has 0 spiro atoms. The van der Waals surface area contributed by atoms with Crippen LogP contribution < -0.4 is 5.32 Å². The van der Waals surface area contributed by atoms with Gasteiger partial charge in [-0.15, -0.1) is 28.1 Å². The highest BCUT2D eigenvalue weighted by molar-refractivity contribution is 7.99. The Morgan fingerprint density at radius 1 is 1.41 bits per heavy atom. The number of benzene rings is 1. The van der Waals surface area contributed by atoms with Crippen molar-refractivity contribution in [3.63, 3.8) is 0 Å². The zero-order chi connectivity index (χ0) is 19.4. The number of nitrogens with zero attached hydrogens (tertiary/aromatic N) is 3. The summed E-state index contributed by atoms with van der Waals surface area (Å²) >= 11 is 15.0. The molecule has 9 heteroatoms. The van der Waals surface area contributed by atoms with Crippen LogP contribution in [0.1, 0.15) is 4.88 Å². The Kier molecular flexibility index (Phi) is 6.59. The molecule has 0 atom stereocenters. The predicted molar refractivity (Wildman–Crippen MR) is 114 cm³/mol. The van der Waals surface area contributed by atoms with E-state index >= 15 is 0 Å². The maximum Gasteiger partial charge on any atom is 0.234 e. The number of anilines is 1. The molecule has 0 aliphatic rings. The van der Waals surface area contributed by atoms with Gasteiger partial charge in [-0.25, -0.2) is 0 Å². The molecule has 1 aromatic carbocycles. The molecular formula is C18H16Cl2N4OS2. The van der Waals surface area contributed by atoms with E-state index in [1.54, 1.807) is 35.6 Å². The Morgan fingerprint density at radius 2 is 2.22 bits per heavy atom. The topological polar surface area (TPSA) is 59.8 Å². The largest absolute Gasteiger partial charge is 0.324 e. The summed E-state index contributed by atoms with van der Waals surface area (Å²) in [7, 11) is 0. The van der Waals surface area contributed by atoms with Crippen LogP contribution in [0.4, 0.5) is 5.69 Å². The zero-order valence-corrected chi connectivity index (χ0v) is 17.6. The van der Waals surface area contributed by atoms with Crippen LogP contribution in [0.5, 0.6) is 0 Å². The fourth-order valence-corrected chi connectivity index (χ4v) is 4.16. The number of hydrogen-bond donors (Lipinski definition) is 1. The molecule has 0 aliphatic carbocycles. The number of thioether (sulfide) groups is 1. The maximum absolute atomic E-state index is 12.3. The lowest BCUT2D eigenvalue weighted by molar-refractivity contribution is -0.113. The average Bonchev–Trinajstić information content (AvgIpc) is 3.24. The van der Waals surface area contributed by atoms with Gasteiger partial charge in [0.1, 0.15) is 0 Å². The van der Waals surface area contributed by atoms with Gasteiger partial charge in [0.25, 0.3) is 0 Å². The maximum atomic E-state index is 12.3. The number of aryl methyl sites for hydroxylation is 1. The molecule has 2 aromatic heterocycles. The van der Waals surface area contributed by atoms with Crippen LogP contribution in [0.15, 0.2) is 47.5 Å². The van der Waals surface area contributed by atoms with Crippen molar-refractivity contribution in [3.8, 4) is 11.4 Å². The quantitative estimate of drug-likeness (QED) is 0.388. The molecule has 1 N–H and O–H groups in total. The number of rotatable bonds is 7. The van der Waals surface area contributed by atoms with E-state index in [1.165, 1.54) is 16.6 Å². The first-order valence-corrected chi connectivity index (χ1v) is 10.6. The molecule has 0 unspecified atom stereocenters. The summed E-state index contributed by atoms with van der Waals surface area (Å²) in [5.74, 6) is 0.728. The van der Waals surface area contributed by atoms with E-state index in [0.717, 1.165) is 11.4 Å². The molecule has 5 nitrogen and oxygen atoms in total. The summed E-state index contributed by atoms with van der Waals surface area (Å²) in [6, 6.07) is 7.16. The molecule has 1 amide bonds. The molecule has 2 heterocycles. The van der Waals surface area contributed by atoms with Crippen molar-refractivity contribution in [1.29, 1.82) is 0 Å². The second-order valence-electron chi connectivity index (χ2n) is 5.59. The number of allylic oxidation sites excluding steroid dienone is 1. The van der Waals surface area contributed by atoms with Crippen LogP contribution in [0.2, 0.25) is 10.0 Å². The van der Waals surface area contributed by atoms with Crippen LogP contribution in [0.3, 0.4) is 0 Å². The van der Waals surface area contributed by atoms with Gasteiger partial charge in [-0.3, -0.25) is 9.36 Å². The van der Waals surface area contributed by atoms with Crippen LogP contribution >= 0.6 is 46.3 Å². The van der Waals surface area contributed by atoms with E-state index in [9.17, 15) is 4.79 Å². The minimum absolute atomic E-state index is 0.167. The highest BCUT2D eigenvalue weighted by Crippen LogP contribution is 2.30. The van der Waals surface area contributed by atoms with Crippen LogP contribution in [-0.4, -0.2) is 26.4 Å². The third-order valence-corrected chi connectivity index (χ3v) is 6.22. The van der Waals surface area contributed by atoms with E-state index in [-0.39, 0.29) is 11.7 Å². The van der Waals surface area contributed by atoms with Gasteiger partial charge < -0.3 is 5.32 Å². The second kappa shape index (κ2) is 8.93. The van der Waals surface area contributed by atoms with Gasteiger partial charge in [0.05, 0.1) is 21.5 Å². The number of nitrogens with one attached hydrogen (secondary N) is 1. The van der Waals surface area contributed by atoms with E-state index < -0.39 is 0 Å². The molecule has 140 valence electrons. The zero-order valence-electron chi connectivity index (χ0n) is 14.4. The molecule has 3 rings (SSSR count). The number of hydrogen-bond acceptors (Lipinski definition) is 5. The number of thiophene rings is 1. The lowest BCUT2D eigenvalue weighted by atomic mass is 10.3. The van der Waals surface area contributed by atoms with Crippen LogP contribution in [0, 0.1) is 6.92 Å². The summed E-state index contributed by atoms with van der Waals surface area (Å²) in [5.41, 5.74) is 1.49. The van der Waals surface area contributed by atoms with Gasteiger partial charge >= 0.3 is 0 Å². The highest BCUT2D eigenvalue weighted by atomic mass is 35.5. The first-order valence-electron chi connectivity index (χ1n) is 7.96. The Balaban J connectivity index is 1.72. The standard InChI is InChI=1S/C18H16Cl2N4OS2/c1-3-7-24-17(12-8-11(2)26-9-12)22-23-18(24)27-10-15(25)21-14-6-4-5-13(19)16(14)20/h3-6,8-9H,1,7,10H2,2H3,(H,21,25). The van der Waals surface area contributed by atoms with E-state index in [0.29, 0.717) is 27.4 Å². The molecule has 0 fully saturated rings. The summed E-state index contributed by atoms with van der Waals surface area (Å²) in [5, 5.41) is 14.7. The van der Waals surface area contributed by atoms with Crippen molar-refractivity contribution in [2.45, 2.75) is 18.6 Å². The minimum atomic E-state index is -0.203. The van der Waals surface area contributed by atoms with Crippen LogP contribution in [0.25, 0.3) is 11.4 Å². The van der Waals surface area contributed by atoms with Gasteiger partial charge in [0.2, 0.25) is 5.91 Å². The molecular weight excluding hydrogens is 423 g/mol. The number of carbonyl (C=O) groups is 1. The Morgan fingerprint density at radius 3 is 2.93 bits per heavy atom. The van der Waals surface area contributed by atoms with Crippen molar-refractivity contribution in [3.05, 3.63) is 57.2 Å². The van der Waals surface area contributed by atoms with Crippen molar-refractivity contribution < 1.29 is 4.79 Å². The molecule has 0 aliphatic heterocycles. The molecule has 0 bridgehead atoms. The number of carbonyl (C=O) groups excluding carboxylic acids is 1. The first-order chi connectivity index (χ1) is 13.0. The lowest BCUT2D eigenvalue weighted by Gasteiger charge is -2.09. The van der Waals surface area contributed by atoms with Crippen molar-refractivity contribution in [1.82, 2.24) is 14.8 Å². The average molecular weight is 439 g/mol. The van der Waals surface area contributed by atoms with Crippen LogP contribution in [-0.2, 0) is 11.3 Å². The summed E-state index contributed by atoms with van der Waals surface area (Å²) in [6.07, 6.45) is 1.78. The molecule has 27 heavy (non-hydrogen) atoms. The second-order valence-corrected chi connectivity index (χ2v) is 8.43. The Hall–Kier alpha value is -1.80. The number of amides is 1. The van der Waals surface area contributed by atoms with Crippen molar-refractivity contribution >= 4 is 57.9 Å². The molecule has 0 radical (unpaired) electrons.